The van der Waals surface area contributed by atoms with Gasteiger partial charge in [-0.3, -0.25) is 4.57 Å². The van der Waals surface area contributed by atoms with E-state index >= 15 is 0 Å². The van der Waals surface area contributed by atoms with Gasteiger partial charge in [0.15, 0.2) is 0 Å². The van der Waals surface area contributed by atoms with Crippen LogP contribution in [-0.4, -0.2) is 9.55 Å². The highest BCUT2D eigenvalue weighted by Crippen LogP contribution is 2.30. The maximum atomic E-state index is 13.7. The lowest BCUT2D eigenvalue weighted by atomic mass is 10.2. The zero-order chi connectivity index (χ0) is 15.1. The Morgan fingerprint density at radius 2 is 1.90 bits per heavy atom. The van der Waals surface area contributed by atoms with Crippen molar-refractivity contribution < 1.29 is 4.39 Å². The molecule has 0 radical (unpaired) electrons. The van der Waals surface area contributed by atoms with Gasteiger partial charge in [0.2, 0.25) is 0 Å². The van der Waals surface area contributed by atoms with Crippen LogP contribution in [0.4, 0.5) is 4.39 Å². The lowest BCUT2D eigenvalue weighted by Gasteiger charge is -2.09. The number of rotatable bonds is 2. The van der Waals surface area contributed by atoms with Crippen molar-refractivity contribution in [2.45, 2.75) is 5.88 Å². The molecule has 0 saturated heterocycles. The van der Waals surface area contributed by atoms with Crippen LogP contribution in [0, 0.1) is 5.82 Å². The van der Waals surface area contributed by atoms with Gasteiger partial charge < -0.3 is 0 Å². The number of hydrogen-bond donors (Lipinski definition) is 0. The Hall–Kier alpha value is -0.620. The summed E-state index contributed by atoms with van der Waals surface area (Å²) in [5.41, 5.74) is 2.13. The van der Waals surface area contributed by atoms with Crippen molar-refractivity contribution in [1.82, 2.24) is 9.55 Å². The molecule has 0 bridgehead atoms. The maximum Gasteiger partial charge on any atom is 0.139 e. The Morgan fingerprint density at radius 3 is 2.57 bits per heavy atom. The molecular formula is C14H7Br2Cl2FN2. The summed E-state index contributed by atoms with van der Waals surface area (Å²) in [4.78, 5) is 4.38. The van der Waals surface area contributed by atoms with Crippen LogP contribution in [0.2, 0.25) is 5.02 Å². The first-order valence-corrected chi connectivity index (χ1v) is 8.39. The van der Waals surface area contributed by atoms with E-state index in [1.807, 2.05) is 16.7 Å². The van der Waals surface area contributed by atoms with Crippen LogP contribution < -0.4 is 0 Å². The normalized spacial score (nSPS) is 11.3. The summed E-state index contributed by atoms with van der Waals surface area (Å²) in [6.45, 7) is 0. The Balaban J connectivity index is 2.34. The molecule has 0 saturated carbocycles. The zero-order valence-corrected chi connectivity index (χ0v) is 15.1. The van der Waals surface area contributed by atoms with Gasteiger partial charge in [-0.2, -0.15) is 0 Å². The molecule has 0 aliphatic carbocycles. The minimum Gasteiger partial charge on any atom is -0.295 e. The first-order chi connectivity index (χ1) is 10.0. The first-order valence-electron chi connectivity index (χ1n) is 5.89. The lowest BCUT2D eigenvalue weighted by molar-refractivity contribution is 0.623. The molecule has 108 valence electrons. The third-order valence-electron chi connectivity index (χ3n) is 3.05. The van der Waals surface area contributed by atoms with E-state index in [0.717, 1.165) is 15.7 Å². The number of benzene rings is 2. The summed E-state index contributed by atoms with van der Waals surface area (Å²) in [7, 11) is 0. The van der Waals surface area contributed by atoms with E-state index in [4.69, 9.17) is 23.2 Å². The quantitative estimate of drug-likeness (QED) is 0.431. The van der Waals surface area contributed by atoms with Crippen molar-refractivity contribution in [1.29, 1.82) is 0 Å². The zero-order valence-electron chi connectivity index (χ0n) is 10.4. The van der Waals surface area contributed by atoms with Gasteiger partial charge in [0.25, 0.3) is 0 Å². The van der Waals surface area contributed by atoms with Crippen molar-refractivity contribution in [3.8, 4) is 5.69 Å². The number of fused-ring (bicyclic) bond motifs is 1. The van der Waals surface area contributed by atoms with Gasteiger partial charge in [-0.05, 0) is 56.1 Å². The Labute approximate surface area is 147 Å². The third kappa shape index (κ3) is 2.72. The van der Waals surface area contributed by atoms with E-state index in [9.17, 15) is 4.39 Å². The Kier molecular flexibility index (Phi) is 4.28. The first kappa shape index (κ1) is 15.3. The van der Waals surface area contributed by atoms with Crippen LogP contribution in [0.3, 0.4) is 0 Å². The number of nitrogens with zero attached hydrogens (tertiary/aromatic N) is 2. The molecule has 0 aliphatic heterocycles. The highest BCUT2D eigenvalue weighted by molar-refractivity contribution is 9.10. The van der Waals surface area contributed by atoms with Gasteiger partial charge in [0, 0.05) is 16.2 Å². The van der Waals surface area contributed by atoms with Crippen molar-refractivity contribution in [3.05, 3.63) is 55.9 Å². The van der Waals surface area contributed by atoms with Gasteiger partial charge in [0.05, 0.1) is 26.4 Å². The monoisotopic (exact) mass is 450 g/mol. The van der Waals surface area contributed by atoms with Gasteiger partial charge in [0.1, 0.15) is 11.6 Å². The summed E-state index contributed by atoms with van der Waals surface area (Å²) >= 11 is 18.7. The van der Waals surface area contributed by atoms with Crippen molar-refractivity contribution in [2.75, 3.05) is 0 Å². The molecule has 0 unspecified atom stereocenters. The molecule has 1 aromatic heterocycles. The molecule has 0 atom stereocenters. The summed E-state index contributed by atoms with van der Waals surface area (Å²) in [6, 6.07) is 8.61. The van der Waals surface area contributed by atoms with Crippen LogP contribution in [0.1, 0.15) is 5.82 Å². The number of halogens is 5. The number of aromatic nitrogens is 2. The average molecular weight is 453 g/mol. The van der Waals surface area contributed by atoms with E-state index in [0.29, 0.717) is 20.8 Å². The largest absolute Gasteiger partial charge is 0.295 e. The van der Waals surface area contributed by atoms with E-state index in [2.05, 4.69) is 36.8 Å². The average Bonchev–Trinajstić information content (AvgIpc) is 2.80. The molecule has 3 rings (SSSR count). The molecular weight excluding hydrogens is 446 g/mol. The van der Waals surface area contributed by atoms with Crippen molar-refractivity contribution in [2.24, 2.45) is 0 Å². The topological polar surface area (TPSA) is 17.8 Å². The molecule has 2 aromatic carbocycles. The van der Waals surface area contributed by atoms with E-state index in [-0.39, 0.29) is 11.7 Å². The summed E-state index contributed by atoms with van der Waals surface area (Å²) in [5, 5.41) is 0.580. The summed E-state index contributed by atoms with van der Waals surface area (Å²) < 4.78 is 16.7. The van der Waals surface area contributed by atoms with E-state index < -0.39 is 0 Å². The molecule has 7 heteroatoms. The van der Waals surface area contributed by atoms with Crippen LogP contribution in [-0.2, 0) is 5.88 Å². The molecule has 1 heterocycles. The smallest absolute Gasteiger partial charge is 0.139 e. The number of alkyl halides is 1. The summed E-state index contributed by atoms with van der Waals surface area (Å²) in [6.07, 6.45) is 0. The Bertz CT molecular complexity index is 849. The molecule has 2 nitrogen and oxygen atoms in total. The van der Waals surface area contributed by atoms with E-state index in [1.165, 1.54) is 6.07 Å². The van der Waals surface area contributed by atoms with Crippen molar-refractivity contribution >= 4 is 66.1 Å². The highest BCUT2D eigenvalue weighted by Gasteiger charge is 2.15. The maximum absolute atomic E-state index is 13.7. The third-order valence-corrected chi connectivity index (χ3v) is 5.13. The van der Waals surface area contributed by atoms with Crippen molar-refractivity contribution in [3.63, 3.8) is 0 Å². The number of hydrogen-bond acceptors (Lipinski definition) is 1. The molecule has 0 amide bonds. The fraction of sp³-hybridized carbons (Fsp3) is 0.0714. The van der Waals surface area contributed by atoms with Gasteiger partial charge >= 0.3 is 0 Å². The predicted molar refractivity (Wildman–Crippen MR) is 91.0 cm³/mol. The molecule has 0 spiro atoms. The molecule has 3 aromatic rings. The van der Waals surface area contributed by atoms with E-state index in [1.54, 1.807) is 12.1 Å². The second-order valence-corrected chi connectivity index (χ2v) is 6.73. The fourth-order valence-electron chi connectivity index (χ4n) is 2.12. The van der Waals surface area contributed by atoms with Gasteiger partial charge in [-0.1, -0.05) is 11.6 Å². The highest BCUT2D eigenvalue weighted by atomic mass is 79.9. The molecule has 0 fully saturated rings. The molecule has 0 N–H and O–H groups in total. The number of imidazole rings is 1. The molecule has 0 aliphatic rings. The minimum absolute atomic E-state index is 0.210. The second kappa shape index (κ2) is 5.88. The minimum atomic E-state index is -0.359. The second-order valence-electron chi connectivity index (χ2n) is 4.35. The fourth-order valence-corrected chi connectivity index (χ4v) is 3.06. The van der Waals surface area contributed by atoms with Crippen LogP contribution >= 0.6 is 55.1 Å². The van der Waals surface area contributed by atoms with Gasteiger partial charge in [-0.15, -0.1) is 11.6 Å². The van der Waals surface area contributed by atoms with Gasteiger partial charge in [-0.25, -0.2) is 9.37 Å². The van der Waals surface area contributed by atoms with Crippen LogP contribution in [0.15, 0.2) is 39.3 Å². The lowest BCUT2D eigenvalue weighted by Crippen LogP contribution is -1.99. The van der Waals surface area contributed by atoms with Crippen LogP contribution in [0.5, 0.6) is 0 Å². The summed E-state index contributed by atoms with van der Waals surface area (Å²) in [5.74, 6) is 0.478. The Morgan fingerprint density at radius 1 is 1.14 bits per heavy atom. The SMILES string of the molecule is Fc1cc2nc(CCl)n(-c3ccc(Br)c(Cl)c3)c2cc1Br. The molecule has 21 heavy (non-hydrogen) atoms. The predicted octanol–water partition coefficient (Wildman–Crippen LogP) is 6.08. The standard InChI is InChI=1S/C14H7Br2Cl2FN2/c15-8-2-1-7(3-10(8)18)21-13-4-9(16)11(19)5-12(13)20-14(21)6-17/h1-5H,6H2. The van der Waals surface area contributed by atoms with Crippen LogP contribution in [0.25, 0.3) is 16.7 Å².